The van der Waals surface area contributed by atoms with Crippen molar-refractivity contribution in [2.75, 3.05) is 13.7 Å². The van der Waals surface area contributed by atoms with Gasteiger partial charge in [-0.05, 0) is 5.56 Å². The van der Waals surface area contributed by atoms with Crippen LogP contribution in [0.1, 0.15) is 5.56 Å². The maximum Gasteiger partial charge on any atom is 0.313 e. The number of benzene rings is 1. The first kappa shape index (κ1) is 16.3. The van der Waals surface area contributed by atoms with E-state index in [1.54, 1.807) is 0 Å². The number of hydrogen-bond acceptors (Lipinski definition) is 7. The Labute approximate surface area is 122 Å². The number of hydrogen-bond donors (Lipinski definition) is 4. The molecule has 1 aliphatic heterocycles. The van der Waals surface area contributed by atoms with Gasteiger partial charge in [0.1, 0.15) is 18.3 Å². The molecule has 7 nitrogen and oxygen atoms in total. The molecule has 0 radical (unpaired) electrons. The molecule has 0 unspecified atom stereocenters. The van der Waals surface area contributed by atoms with Crippen LogP contribution in [0.5, 0.6) is 0 Å². The van der Waals surface area contributed by atoms with Gasteiger partial charge in [-0.1, -0.05) is 30.3 Å². The summed E-state index contributed by atoms with van der Waals surface area (Å²) in [5.41, 5.74) is 0.811. The average Bonchev–Trinajstić information content (AvgIpc) is 2.53. The van der Waals surface area contributed by atoms with Crippen LogP contribution in [0.15, 0.2) is 30.3 Å². The number of rotatable bonds is 5. The van der Waals surface area contributed by atoms with E-state index < -0.39 is 37.0 Å². The molecule has 0 saturated carbocycles. The fourth-order valence-electron chi connectivity index (χ4n) is 2.22. The summed E-state index contributed by atoms with van der Waals surface area (Å²) in [5, 5.41) is 38.8. The summed E-state index contributed by atoms with van der Waals surface area (Å²) in [5.74, 6) is -1.96. The fourth-order valence-corrected chi connectivity index (χ4v) is 2.22. The van der Waals surface area contributed by atoms with Crippen LogP contribution in [-0.2, 0) is 20.8 Å². The van der Waals surface area contributed by atoms with E-state index in [0.29, 0.717) is 0 Å². The molecule has 0 aliphatic carbocycles. The van der Waals surface area contributed by atoms with Crippen LogP contribution in [0.4, 0.5) is 0 Å². The predicted octanol–water partition coefficient (Wildman–Crippen LogP) is -1.02. The van der Waals surface area contributed by atoms with Crippen molar-refractivity contribution in [2.45, 2.75) is 37.0 Å². The number of aliphatic hydroxyl groups is 4. The van der Waals surface area contributed by atoms with Gasteiger partial charge in [0.05, 0.1) is 13.2 Å². The second kappa shape index (κ2) is 6.80. The van der Waals surface area contributed by atoms with Crippen molar-refractivity contribution < 1.29 is 34.6 Å². The highest BCUT2D eigenvalue weighted by Crippen LogP contribution is 2.32. The highest BCUT2D eigenvalue weighted by atomic mass is 16.9. The zero-order chi connectivity index (χ0) is 15.5. The molecule has 0 amide bonds. The Hall–Kier alpha value is -1.06. The van der Waals surface area contributed by atoms with Gasteiger partial charge in [0, 0.05) is 7.11 Å². The Morgan fingerprint density at radius 2 is 1.81 bits per heavy atom. The summed E-state index contributed by atoms with van der Waals surface area (Å²) in [6, 6.07) is 9.13. The van der Waals surface area contributed by atoms with Gasteiger partial charge in [-0.15, -0.1) is 0 Å². The average molecular weight is 300 g/mol. The van der Waals surface area contributed by atoms with Crippen LogP contribution in [-0.4, -0.2) is 64.5 Å². The fraction of sp³-hybridized carbons (Fsp3) is 0.571. The lowest BCUT2D eigenvalue weighted by atomic mass is 9.97. The molecule has 1 aliphatic rings. The monoisotopic (exact) mass is 300 g/mol. The third-order valence-corrected chi connectivity index (χ3v) is 3.48. The Kier molecular flexibility index (Phi) is 5.28. The Morgan fingerprint density at radius 3 is 2.38 bits per heavy atom. The van der Waals surface area contributed by atoms with Gasteiger partial charge in [0.2, 0.25) is 0 Å². The van der Waals surface area contributed by atoms with E-state index in [-0.39, 0.29) is 6.61 Å². The van der Waals surface area contributed by atoms with Gasteiger partial charge < -0.3 is 34.6 Å². The lowest BCUT2D eigenvalue weighted by Crippen LogP contribution is -2.66. The third kappa shape index (κ3) is 3.24. The van der Waals surface area contributed by atoms with Crippen LogP contribution in [0.25, 0.3) is 0 Å². The quantitative estimate of drug-likeness (QED) is 0.515. The van der Waals surface area contributed by atoms with Gasteiger partial charge in [-0.3, -0.25) is 0 Å². The second-order valence-electron chi connectivity index (χ2n) is 4.85. The standard InChI is InChI=1S/C14H20O7/c1-19-14(20-8-9-5-3-2-4-6-9)13(18)12(17)11(16)10(7-15)21-14/h2-6,10-13,15-18H,7-8H2,1H3/t10-,11-,12+,13+,14-/m1/s1. The van der Waals surface area contributed by atoms with Crippen LogP contribution in [0.2, 0.25) is 0 Å². The van der Waals surface area contributed by atoms with Crippen LogP contribution < -0.4 is 0 Å². The van der Waals surface area contributed by atoms with Gasteiger partial charge in [0.25, 0.3) is 0 Å². The molecule has 1 aromatic rings. The molecule has 4 N–H and O–H groups in total. The van der Waals surface area contributed by atoms with Crippen LogP contribution in [0, 0.1) is 0 Å². The Bertz CT molecular complexity index is 438. The van der Waals surface area contributed by atoms with E-state index in [1.807, 2.05) is 30.3 Å². The topological polar surface area (TPSA) is 109 Å². The molecule has 1 heterocycles. The number of methoxy groups -OCH3 is 1. The highest BCUT2D eigenvalue weighted by molar-refractivity contribution is 5.13. The third-order valence-electron chi connectivity index (χ3n) is 3.48. The smallest absolute Gasteiger partial charge is 0.313 e. The minimum Gasteiger partial charge on any atom is -0.394 e. The maximum absolute atomic E-state index is 10.1. The maximum atomic E-state index is 10.1. The molecule has 1 saturated heterocycles. The normalized spacial score (nSPS) is 36.6. The van der Waals surface area contributed by atoms with Crippen molar-refractivity contribution in [3.8, 4) is 0 Å². The van der Waals surface area contributed by atoms with Crippen LogP contribution in [0.3, 0.4) is 0 Å². The molecule has 21 heavy (non-hydrogen) atoms. The molecule has 0 aromatic heterocycles. The van der Waals surface area contributed by atoms with Gasteiger partial charge in [-0.25, -0.2) is 0 Å². The molecule has 2 rings (SSSR count). The molecular weight excluding hydrogens is 280 g/mol. The summed E-state index contributed by atoms with van der Waals surface area (Å²) in [6.07, 6.45) is -5.75. The highest BCUT2D eigenvalue weighted by Gasteiger charge is 2.55. The van der Waals surface area contributed by atoms with Crippen molar-refractivity contribution in [3.63, 3.8) is 0 Å². The van der Waals surface area contributed by atoms with E-state index in [1.165, 1.54) is 7.11 Å². The minimum atomic E-state index is -1.96. The van der Waals surface area contributed by atoms with E-state index in [9.17, 15) is 20.4 Å². The zero-order valence-electron chi connectivity index (χ0n) is 11.6. The summed E-state index contributed by atoms with van der Waals surface area (Å²) >= 11 is 0. The van der Waals surface area contributed by atoms with E-state index in [0.717, 1.165) is 5.56 Å². The zero-order valence-corrected chi connectivity index (χ0v) is 11.6. The van der Waals surface area contributed by atoms with Crippen molar-refractivity contribution in [3.05, 3.63) is 35.9 Å². The molecule has 7 heteroatoms. The molecule has 5 atom stereocenters. The van der Waals surface area contributed by atoms with E-state index in [2.05, 4.69) is 0 Å². The Morgan fingerprint density at radius 1 is 1.14 bits per heavy atom. The largest absolute Gasteiger partial charge is 0.394 e. The first-order valence-electron chi connectivity index (χ1n) is 6.60. The van der Waals surface area contributed by atoms with Crippen molar-refractivity contribution in [1.82, 2.24) is 0 Å². The molecule has 0 spiro atoms. The first-order chi connectivity index (χ1) is 10.0. The predicted molar refractivity (Wildman–Crippen MR) is 71.0 cm³/mol. The Balaban J connectivity index is 2.14. The van der Waals surface area contributed by atoms with E-state index in [4.69, 9.17) is 14.2 Å². The molecule has 1 fully saturated rings. The van der Waals surface area contributed by atoms with Crippen molar-refractivity contribution >= 4 is 0 Å². The second-order valence-corrected chi connectivity index (χ2v) is 4.85. The molecule has 118 valence electrons. The van der Waals surface area contributed by atoms with E-state index >= 15 is 0 Å². The SMILES string of the molecule is CO[C@]1(OCc2ccccc2)O[C@H](CO)[C@@H](O)[C@H](O)[C@@H]1O. The van der Waals surface area contributed by atoms with Crippen molar-refractivity contribution in [1.29, 1.82) is 0 Å². The van der Waals surface area contributed by atoms with Crippen LogP contribution >= 0.6 is 0 Å². The van der Waals surface area contributed by atoms with Gasteiger partial charge in [-0.2, -0.15) is 0 Å². The molecular formula is C14H20O7. The first-order valence-corrected chi connectivity index (χ1v) is 6.60. The summed E-state index contributed by atoms with van der Waals surface area (Å²) in [6.45, 7) is -0.489. The lowest BCUT2D eigenvalue weighted by Gasteiger charge is -2.46. The molecule has 1 aromatic carbocycles. The van der Waals surface area contributed by atoms with Gasteiger partial charge >= 0.3 is 5.97 Å². The summed E-state index contributed by atoms with van der Waals surface area (Å²) in [4.78, 5) is 0. The molecule has 0 bridgehead atoms. The van der Waals surface area contributed by atoms with Crippen molar-refractivity contribution in [2.24, 2.45) is 0 Å². The lowest BCUT2D eigenvalue weighted by molar-refractivity contribution is -0.458. The van der Waals surface area contributed by atoms with Gasteiger partial charge in [0.15, 0.2) is 6.10 Å². The number of aliphatic hydroxyl groups excluding tert-OH is 4. The summed E-state index contributed by atoms with van der Waals surface area (Å²) in [7, 11) is 1.24. The minimum absolute atomic E-state index is 0.0622. The number of ether oxygens (including phenoxy) is 3. The summed E-state index contributed by atoms with van der Waals surface area (Å²) < 4.78 is 15.9.